The molecule has 0 heterocycles. The van der Waals surface area contributed by atoms with Crippen LogP contribution in [0.5, 0.6) is 5.75 Å². The van der Waals surface area contributed by atoms with Crippen LogP contribution in [0.25, 0.3) is 0 Å². The molecule has 5 nitrogen and oxygen atoms in total. The first-order valence-corrected chi connectivity index (χ1v) is 8.02. The Labute approximate surface area is 144 Å². The van der Waals surface area contributed by atoms with Crippen molar-refractivity contribution in [3.63, 3.8) is 0 Å². The lowest BCUT2D eigenvalue weighted by molar-refractivity contribution is -0.139. The highest BCUT2D eigenvalue weighted by molar-refractivity contribution is 5.95. The second-order valence-electron chi connectivity index (χ2n) is 6.11. The normalized spacial score (nSPS) is 15.1. The number of benzene rings is 2. The van der Waals surface area contributed by atoms with Gasteiger partial charge in [-0.1, -0.05) is 18.2 Å². The van der Waals surface area contributed by atoms with Gasteiger partial charge in [-0.05, 0) is 55.2 Å². The lowest BCUT2D eigenvalue weighted by Gasteiger charge is -2.43. The van der Waals surface area contributed by atoms with Gasteiger partial charge in [-0.2, -0.15) is 0 Å². The average Bonchev–Trinajstić information content (AvgIpc) is 2.56. The second-order valence-corrected chi connectivity index (χ2v) is 6.11. The molecule has 0 aliphatic heterocycles. The van der Waals surface area contributed by atoms with Crippen LogP contribution in [0.1, 0.15) is 35.2 Å². The summed E-state index contributed by atoms with van der Waals surface area (Å²) in [7, 11) is 0. The highest BCUT2D eigenvalue weighted by Gasteiger charge is 2.40. The molecule has 3 rings (SSSR count). The average molecular weight is 343 g/mol. The molecule has 6 heteroatoms. The fourth-order valence-electron chi connectivity index (χ4n) is 2.96. The number of amides is 1. The Morgan fingerprint density at radius 1 is 1.16 bits per heavy atom. The Kier molecular flexibility index (Phi) is 4.70. The molecule has 0 spiro atoms. The predicted octanol–water partition coefficient (Wildman–Crippen LogP) is 3.10. The predicted molar refractivity (Wildman–Crippen MR) is 89.0 cm³/mol. The molecular weight excluding hydrogens is 325 g/mol. The van der Waals surface area contributed by atoms with E-state index >= 15 is 0 Å². The molecule has 25 heavy (non-hydrogen) atoms. The van der Waals surface area contributed by atoms with E-state index in [1.165, 1.54) is 18.2 Å². The van der Waals surface area contributed by atoms with Crippen molar-refractivity contribution in [2.45, 2.75) is 24.8 Å². The first-order valence-electron chi connectivity index (χ1n) is 8.02. The van der Waals surface area contributed by atoms with Gasteiger partial charge in [-0.3, -0.25) is 4.79 Å². The highest BCUT2D eigenvalue weighted by atomic mass is 19.1. The summed E-state index contributed by atoms with van der Waals surface area (Å²) in [6.07, 6.45) is 2.45. The minimum atomic E-state index is -1.09. The van der Waals surface area contributed by atoms with Crippen molar-refractivity contribution < 1.29 is 23.8 Å². The van der Waals surface area contributed by atoms with E-state index in [-0.39, 0.29) is 11.7 Å². The highest BCUT2D eigenvalue weighted by Crippen LogP contribution is 2.41. The van der Waals surface area contributed by atoms with Crippen molar-refractivity contribution in [2.24, 2.45) is 0 Å². The maximum Gasteiger partial charge on any atom is 0.341 e. The minimum Gasteiger partial charge on any atom is -0.482 e. The van der Waals surface area contributed by atoms with E-state index in [9.17, 15) is 14.0 Å². The summed E-state index contributed by atoms with van der Waals surface area (Å²) < 4.78 is 18.6. The number of carbonyl (C=O) groups excluding carboxylic acids is 1. The summed E-state index contributed by atoms with van der Waals surface area (Å²) in [5.74, 6) is -1.41. The monoisotopic (exact) mass is 343 g/mol. The molecule has 0 aromatic heterocycles. The number of ether oxygens (including phenoxy) is 1. The first-order chi connectivity index (χ1) is 12.0. The third-order valence-corrected chi connectivity index (χ3v) is 4.40. The SMILES string of the molecule is O=C(O)COc1cccc(C(=O)NC2(c3cccc(F)c3)CCC2)c1. The van der Waals surface area contributed by atoms with Gasteiger partial charge in [0.05, 0.1) is 5.54 Å². The van der Waals surface area contributed by atoms with Crippen LogP contribution in [0.4, 0.5) is 4.39 Å². The van der Waals surface area contributed by atoms with Crippen LogP contribution in [0.15, 0.2) is 48.5 Å². The minimum absolute atomic E-state index is 0.301. The van der Waals surface area contributed by atoms with Crippen molar-refractivity contribution in [3.8, 4) is 5.75 Å². The molecule has 1 saturated carbocycles. The second kappa shape index (κ2) is 6.93. The zero-order valence-electron chi connectivity index (χ0n) is 13.5. The van der Waals surface area contributed by atoms with Gasteiger partial charge in [-0.15, -0.1) is 0 Å². The Bertz CT molecular complexity index is 802. The number of carboxylic acids is 1. The molecule has 0 atom stereocenters. The maximum absolute atomic E-state index is 13.5. The first kappa shape index (κ1) is 17.0. The Morgan fingerprint density at radius 2 is 1.92 bits per heavy atom. The number of nitrogens with one attached hydrogen (secondary N) is 1. The van der Waals surface area contributed by atoms with Gasteiger partial charge in [0.2, 0.25) is 0 Å². The summed E-state index contributed by atoms with van der Waals surface area (Å²) in [6.45, 7) is -0.474. The van der Waals surface area contributed by atoms with Gasteiger partial charge in [-0.25, -0.2) is 9.18 Å². The van der Waals surface area contributed by atoms with E-state index in [1.54, 1.807) is 24.3 Å². The molecule has 2 N–H and O–H groups in total. The van der Waals surface area contributed by atoms with E-state index in [4.69, 9.17) is 9.84 Å². The fraction of sp³-hybridized carbons (Fsp3) is 0.263. The van der Waals surface area contributed by atoms with Gasteiger partial charge in [0.25, 0.3) is 5.91 Å². The van der Waals surface area contributed by atoms with E-state index in [2.05, 4.69) is 5.32 Å². The molecule has 1 amide bonds. The summed E-state index contributed by atoms with van der Waals surface area (Å²) in [5.41, 5.74) is 0.563. The standard InChI is InChI=1S/C19H18FNO4/c20-15-6-2-5-14(11-15)19(8-3-9-19)21-18(24)13-4-1-7-16(10-13)25-12-17(22)23/h1-2,4-7,10-11H,3,8-9,12H2,(H,21,24)(H,22,23). The lowest BCUT2D eigenvalue weighted by atomic mass is 9.71. The lowest BCUT2D eigenvalue weighted by Crippen LogP contribution is -2.50. The molecule has 0 unspecified atom stereocenters. The molecule has 1 aliphatic carbocycles. The molecule has 130 valence electrons. The number of hydrogen-bond acceptors (Lipinski definition) is 3. The number of carboxylic acid groups (broad SMARTS) is 1. The number of halogens is 1. The molecule has 2 aromatic rings. The van der Waals surface area contributed by atoms with Crippen molar-refractivity contribution >= 4 is 11.9 Å². The third-order valence-electron chi connectivity index (χ3n) is 4.40. The van der Waals surface area contributed by atoms with Gasteiger partial charge in [0.1, 0.15) is 11.6 Å². The zero-order chi connectivity index (χ0) is 17.9. The number of aliphatic carboxylic acids is 1. The van der Waals surface area contributed by atoms with Crippen LogP contribution in [0.3, 0.4) is 0 Å². The largest absolute Gasteiger partial charge is 0.482 e. The van der Waals surface area contributed by atoms with E-state index in [1.807, 2.05) is 6.07 Å². The molecule has 0 saturated heterocycles. The van der Waals surface area contributed by atoms with E-state index < -0.39 is 18.1 Å². The number of hydrogen-bond donors (Lipinski definition) is 2. The van der Waals surface area contributed by atoms with E-state index in [0.717, 1.165) is 24.8 Å². The van der Waals surface area contributed by atoms with Crippen molar-refractivity contribution in [1.82, 2.24) is 5.32 Å². The van der Waals surface area contributed by atoms with Gasteiger partial charge < -0.3 is 15.2 Å². The molecule has 0 radical (unpaired) electrons. The Balaban J connectivity index is 1.77. The number of rotatable bonds is 6. The third kappa shape index (κ3) is 3.79. The fourth-order valence-corrected chi connectivity index (χ4v) is 2.96. The molecule has 1 aliphatic rings. The topological polar surface area (TPSA) is 75.6 Å². The summed E-state index contributed by atoms with van der Waals surface area (Å²) >= 11 is 0. The van der Waals surface area contributed by atoms with Gasteiger partial charge >= 0.3 is 5.97 Å². The maximum atomic E-state index is 13.5. The van der Waals surface area contributed by atoms with Crippen LogP contribution >= 0.6 is 0 Å². The zero-order valence-corrected chi connectivity index (χ0v) is 13.5. The van der Waals surface area contributed by atoms with Crippen LogP contribution in [0.2, 0.25) is 0 Å². The molecular formula is C19H18FNO4. The smallest absolute Gasteiger partial charge is 0.341 e. The van der Waals surface area contributed by atoms with Crippen molar-refractivity contribution in [2.75, 3.05) is 6.61 Å². The Morgan fingerprint density at radius 3 is 2.56 bits per heavy atom. The summed E-state index contributed by atoms with van der Waals surface area (Å²) in [5, 5.41) is 11.7. The molecule has 2 aromatic carbocycles. The molecule has 0 bridgehead atoms. The van der Waals surface area contributed by atoms with E-state index in [0.29, 0.717) is 11.3 Å². The van der Waals surface area contributed by atoms with Gasteiger partial charge in [0.15, 0.2) is 6.61 Å². The van der Waals surface area contributed by atoms with Crippen LogP contribution < -0.4 is 10.1 Å². The van der Waals surface area contributed by atoms with Gasteiger partial charge in [0, 0.05) is 5.56 Å². The van der Waals surface area contributed by atoms with Crippen LogP contribution in [-0.4, -0.2) is 23.6 Å². The van der Waals surface area contributed by atoms with Crippen LogP contribution in [0, 0.1) is 5.82 Å². The quantitative estimate of drug-likeness (QED) is 0.845. The Hall–Kier alpha value is -2.89. The van der Waals surface area contributed by atoms with Crippen LogP contribution in [-0.2, 0) is 10.3 Å². The summed E-state index contributed by atoms with van der Waals surface area (Å²) in [6, 6.07) is 12.6. The van der Waals surface area contributed by atoms with Crippen molar-refractivity contribution in [1.29, 1.82) is 0 Å². The summed E-state index contributed by atoms with van der Waals surface area (Å²) in [4.78, 5) is 23.2. The molecule has 1 fully saturated rings. The van der Waals surface area contributed by atoms with Crippen molar-refractivity contribution in [3.05, 3.63) is 65.5 Å². The number of carbonyl (C=O) groups is 2.